The predicted octanol–water partition coefficient (Wildman–Crippen LogP) is 1.98. The molecular formula is C32H58N9O3SZn-. The molecule has 17 unspecified atom stereocenters. The van der Waals surface area contributed by atoms with E-state index in [0.717, 1.165) is 19.3 Å². The van der Waals surface area contributed by atoms with E-state index in [1.807, 2.05) is 0 Å². The first-order valence-corrected chi connectivity index (χ1v) is 19.5. The molecule has 4 aliphatic carbocycles. The summed E-state index contributed by atoms with van der Waals surface area (Å²) in [5.41, 5.74) is 0. The molecule has 0 aromatic carbocycles. The fraction of sp³-hybridized carbons (Fsp3) is 1.00. The van der Waals surface area contributed by atoms with Crippen molar-refractivity contribution in [3.05, 3.63) is 0 Å². The molecule has 46 heavy (non-hydrogen) atoms. The third-order valence-corrected chi connectivity index (χ3v) is 14.4. The predicted molar refractivity (Wildman–Crippen MR) is 171 cm³/mol. The van der Waals surface area contributed by atoms with E-state index in [9.17, 15) is 8.42 Å². The molecule has 5 aliphatic heterocycles. The molecule has 0 amide bonds. The smallest absolute Gasteiger partial charge is 0.0653 e. The molecular weight excluding hydrogens is 656 g/mol. The van der Waals surface area contributed by atoms with E-state index in [-0.39, 0.29) is 68.5 Å². The van der Waals surface area contributed by atoms with E-state index in [0.29, 0.717) is 59.9 Å². The molecule has 12 nitrogen and oxygen atoms in total. The summed E-state index contributed by atoms with van der Waals surface area (Å²) in [6.07, 6.45) is 20.0. The zero-order valence-corrected chi connectivity index (χ0v) is 31.3. The maximum Gasteiger partial charge on any atom is 0.0653 e. The topological polar surface area (TPSA) is 175 Å². The van der Waals surface area contributed by atoms with Gasteiger partial charge < -0.3 is 18.8 Å². The van der Waals surface area contributed by atoms with Crippen molar-refractivity contribution in [2.75, 3.05) is 0 Å². The molecule has 8 bridgehead atoms. The van der Waals surface area contributed by atoms with Crippen molar-refractivity contribution in [3.8, 4) is 0 Å². The standard InChI is InChI=1S/C32H55N8O3S.H3N.Zn/c41-44(42)43-23-15-7-14-22-24(23)32-39-30-21-13-6-5-12-20(21)28(37-30)35-26-17-9-2-1-8-16(17)25(33-26)34-27-18-10-3-4-11-19(18)29(36-27)38-31(22)40-32;;/h16-40H,1-15H2;1H3;/q-1;;. The van der Waals surface area contributed by atoms with Crippen LogP contribution in [0, 0.1) is 47.3 Å². The van der Waals surface area contributed by atoms with Crippen molar-refractivity contribution in [1.82, 2.24) is 48.7 Å². The number of nitrogens with one attached hydrogen (secondary N) is 8. The van der Waals surface area contributed by atoms with Gasteiger partial charge in [0, 0.05) is 31.5 Å². The van der Waals surface area contributed by atoms with Crippen molar-refractivity contribution in [2.45, 2.75) is 152 Å². The minimum atomic E-state index is -2.51. The van der Waals surface area contributed by atoms with Gasteiger partial charge in [-0.25, -0.2) is 0 Å². The Bertz CT molecular complexity index is 1130. The molecule has 4 saturated carbocycles. The molecule has 0 aromatic rings. The second kappa shape index (κ2) is 14.4. The summed E-state index contributed by atoms with van der Waals surface area (Å²) in [5.74, 6) is 4.16. The first kappa shape index (κ1) is 34.6. The summed E-state index contributed by atoms with van der Waals surface area (Å²) in [4.78, 5) is 0. The van der Waals surface area contributed by atoms with Gasteiger partial charge in [0.25, 0.3) is 0 Å². The quantitative estimate of drug-likeness (QED) is 0.151. The Labute approximate surface area is 289 Å². The molecule has 14 heteroatoms. The molecule has 9 aliphatic rings. The van der Waals surface area contributed by atoms with Crippen LogP contribution >= 0.6 is 0 Å². The summed E-state index contributed by atoms with van der Waals surface area (Å²) in [5, 5.41) is 32.9. The van der Waals surface area contributed by atoms with Gasteiger partial charge >= 0.3 is 0 Å². The van der Waals surface area contributed by atoms with Crippen LogP contribution in [0.1, 0.15) is 96.3 Å². The van der Waals surface area contributed by atoms with Crippen LogP contribution in [0.15, 0.2) is 0 Å². The van der Waals surface area contributed by atoms with Gasteiger partial charge in [0.15, 0.2) is 0 Å². The van der Waals surface area contributed by atoms with Crippen LogP contribution in [0.3, 0.4) is 0 Å². The molecule has 9 fully saturated rings. The largest absolute Gasteiger partial charge is 0.421 e. The normalized spacial score (nSPS) is 52.8. The van der Waals surface area contributed by atoms with Gasteiger partial charge in [-0.3, -0.25) is 42.5 Å². The van der Waals surface area contributed by atoms with Crippen molar-refractivity contribution in [3.63, 3.8) is 0 Å². The molecule has 17 atom stereocenters. The molecule has 0 radical (unpaired) electrons. The van der Waals surface area contributed by atoms with Crippen molar-refractivity contribution in [2.24, 2.45) is 47.3 Å². The molecule has 11 N–H and O–H groups in total. The first-order valence-electron chi connectivity index (χ1n) is 18.5. The Hall–Kier alpha value is 0.173. The van der Waals surface area contributed by atoms with Crippen molar-refractivity contribution >= 4 is 11.0 Å². The van der Waals surface area contributed by atoms with E-state index in [1.54, 1.807) is 0 Å². The fourth-order valence-corrected chi connectivity index (χ4v) is 12.6. The van der Waals surface area contributed by atoms with E-state index in [4.69, 9.17) is 4.18 Å². The van der Waals surface area contributed by atoms with Gasteiger partial charge in [-0.2, -0.15) is 0 Å². The summed E-state index contributed by atoms with van der Waals surface area (Å²) < 4.78 is 29.3. The summed E-state index contributed by atoms with van der Waals surface area (Å²) in [7, 11) is -2.51. The molecule has 0 spiro atoms. The molecule has 5 saturated heterocycles. The zero-order chi connectivity index (χ0) is 29.4. The van der Waals surface area contributed by atoms with Crippen LogP contribution in [0.25, 0.3) is 0 Å². The minimum absolute atomic E-state index is 0. The molecule has 9 rings (SSSR count). The monoisotopic (exact) mass is 712 g/mol. The Morgan fingerprint density at radius 3 is 1.00 bits per heavy atom. The number of rotatable bonds is 2. The Morgan fingerprint density at radius 2 is 0.674 bits per heavy atom. The van der Waals surface area contributed by atoms with Crippen molar-refractivity contribution in [1.29, 1.82) is 0 Å². The number of hydrogen-bond donors (Lipinski definition) is 9. The first-order chi connectivity index (χ1) is 21.6. The van der Waals surface area contributed by atoms with Crippen LogP contribution < -0.4 is 48.7 Å². The molecule has 258 valence electrons. The second-order valence-corrected chi connectivity index (χ2v) is 16.6. The minimum Gasteiger partial charge on any atom is -0.421 e. The third-order valence-electron chi connectivity index (χ3n) is 14.0. The Balaban J connectivity index is 0.00000169. The van der Waals surface area contributed by atoms with E-state index >= 15 is 0 Å². The third kappa shape index (κ3) is 6.21. The van der Waals surface area contributed by atoms with Crippen molar-refractivity contribution < 1.29 is 32.1 Å². The maximum absolute atomic E-state index is 11.8. The number of hydrogen-bond acceptors (Lipinski definition) is 13. The maximum atomic E-state index is 11.8. The van der Waals surface area contributed by atoms with Crippen LogP contribution in [0.5, 0.6) is 0 Å². The van der Waals surface area contributed by atoms with Crippen LogP contribution in [0.4, 0.5) is 0 Å². The second-order valence-electron chi connectivity index (χ2n) is 16.0. The van der Waals surface area contributed by atoms with E-state index < -0.39 is 11.0 Å². The summed E-state index contributed by atoms with van der Waals surface area (Å²) in [6, 6.07) is 0. The van der Waals surface area contributed by atoms with Gasteiger partial charge in [0.1, 0.15) is 0 Å². The average molecular weight is 714 g/mol. The average Bonchev–Trinajstić information content (AvgIpc) is 3.77. The fourth-order valence-electron chi connectivity index (χ4n) is 12.2. The summed E-state index contributed by atoms with van der Waals surface area (Å²) >= 11 is 0. The molecule has 5 heterocycles. The Kier molecular flexibility index (Phi) is 10.9. The van der Waals surface area contributed by atoms with Crippen LogP contribution in [-0.2, 0) is 43.1 Å². The van der Waals surface area contributed by atoms with Gasteiger partial charge in [-0.05, 0) is 92.8 Å². The van der Waals surface area contributed by atoms with Crippen LogP contribution in [0.2, 0.25) is 0 Å². The van der Waals surface area contributed by atoms with Crippen LogP contribution in [-0.4, -0.2) is 55.4 Å². The SMILES string of the molecule is N.O=[S-](=O)OC1CCCC2C3NC4NC(NC5NC(NC6NC(NC(N3)C12)C1CCCCC61)C1CCCCC51)C1CCCCC41.[Zn]. The van der Waals surface area contributed by atoms with Gasteiger partial charge in [-0.1, -0.05) is 44.9 Å². The van der Waals surface area contributed by atoms with E-state index in [1.165, 1.54) is 77.0 Å². The van der Waals surface area contributed by atoms with Gasteiger partial charge in [0.2, 0.25) is 0 Å². The Morgan fingerprint density at radius 1 is 0.391 bits per heavy atom. The van der Waals surface area contributed by atoms with Gasteiger partial charge in [0.05, 0.1) is 60.3 Å². The summed E-state index contributed by atoms with van der Waals surface area (Å²) in [6.45, 7) is 0. The van der Waals surface area contributed by atoms with E-state index in [2.05, 4.69) is 42.5 Å². The molecule has 0 aromatic heterocycles. The zero-order valence-electron chi connectivity index (χ0n) is 27.5. The van der Waals surface area contributed by atoms with Gasteiger partial charge in [-0.15, -0.1) is 0 Å². The number of fused-ring (bicyclic) bond motifs is 20.